The van der Waals surface area contributed by atoms with Crippen LogP contribution in [-0.2, 0) is 6.54 Å². The average molecular weight is 517 g/mol. The maximum atomic E-state index is 14.4. The van der Waals surface area contributed by atoms with E-state index in [0.29, 0.717) is 34.9 Å². The van der Waals surface area contributed by atoms with Gasteiger partial charge in [0, 0.05) is 49.0 Å². The van der Waals surface area contributed by atoms with Crippen LogP contribution in [0, 0.1) is 11.6 Å². The van der Waals surface area contributed by atoms with E-state index in [9.17, 15) is 8.78 Å². The summed E-state index contributed by atoms with van der Waals surface area (Å²) in [6.07, 6.45) is 9.40. The first-order valence-electron chi connectivity index (χ1n) is 12.2. The van der Waals surface area contributed by atoms with Crippen molar-refractivity contribution in [2.75, 3.05) is 18.5 Å². The molecule has 11 heteroatoms. The third kappa shape index (κ3) is 6.06. The first-order chi connectivity index (χ1) is 18.6. The molecule has 0 fully saturated rings. The molecular formula is C27H26F2N8O. The molecule has 4 heterocycles. The lowest BCUT2D eigenvalue weighted by molar-refractivity contribution is 0.285. The molecule has 4 aromatic heterocycles. The molecule has 0 radical (unpaired) electrons. The average Bonchev–Trinajstić information content (AvgIpc) is 3.35. The standard InChI is InChI=1S/C27H26F2N8O/c1-18(21-5-4-20(28)14-23(21)29)34-25-15-24(22-17-33-37-12-2-9-32-26(22)37)35-27(36-25)38-13-3-8-31-16-19-6-10-30-11-7-19/h2,4-7,9-12,14-15,17-18,31H,3,8,13,16H2,1H3,(H,34,35,36)/t18-/m0/s1. The molecule has 0 saturated heterocycles. The monoisotopic (exact) mass is 516 g/mol. The summed E-state index contributed by atoms with van der Waals surface area (Å²) in [5.41, 5.74) is 3.34. The fourth-order valence-corrected chi connectivity index (χ4v) is 3.96. The molecule has 0 saturated carbocycles. The number of anilines is 1. The lowest BCUT2D eigenvalue weighted by atomic mass is 10.1. The van der Waals surface area contributed by atoms with E-state index >= 15 is 0 Å². The number of aromatic nitrogens is 6. The molecule has 5 aromatic rings. The quantitative estimate of drug-likeness (QED) is 0.246. The molecule has 0 aliphatic rings. The molecule has 9 nitrogen and oxygen atoms in total. The van der Waals surface area contributed by atoms with Crippen molar-refractivity contribution in [3.63, 3.8) is 0 Å². The van der Waals surface area contributed by atoms with E-state index in [1.807, 2.05) is 12.1 Å². The summed E-state index contributed by atoms with van der Waals surface area (Å²) in [5, 5.41) is 10.9. The van der Waals surface area contributed by atoms with Crippen LogP contribution in [0.5, 0.6) is 6.01 Å². The first kappa shape index (κ1) is 25.2. The lowest BCUT2D eigenvalue weighted by Crippen LogP contribution is -2.17. The Morgan fingerprint density at radius 1 is 1.05 bits per heavy atom. The van der Waals surface area contributed by atoms with E-state index < -0.39 is 17.7 Å². The van der Waals surface area contributed by atoms with Gasteiger partial charge in [0.2, 0.25) is 0 Å². The molecule has 1 aromatic carbocycles. The minimum atomic E-state index is -0.637. The molecule has 0 amide bonds. The fraction of sp³-hybridized carbons (Fsp3) is 0.222. The Morgan fingerprint density at radius 3 is 2.76 bits per heavy atom. The minimum absolute atomic E-state index is 0.168. The smallest absolute Gasteiger partial charge is 0.318 e. The van der Waals surface area contributed by atoms with Crippen LogP contribution in [0.2, 0.25) is 0 Å². The molecule has 0 aliphatic heterocycles. The highest BCUT2D eigenvalue weighted by Crippen LogP contribution is 2.28. The van der Waals surface area contributed by atoms with E-state index in [1.165, 1.54) is 12.1 Å². The SMILES string of the molecule is C[C@H](Nc1cc(-c2cnn3cccnc23)nc(OCCCNCc2ccncc2)n1)c1ccc(F)cc1F. The molecule has 38 heavy (non-hydrogen) atoms. The van der Waals surface area contributed by atoms with Crippen molar-refractivity contribution < 1.29 is 13.5 Å². The lowest BCUT2D eigenvalue weighted by Gasteiger charge is -2.17. The van der Waals surface area contributed by atoms with E-state index in [1.54, 1.807) is 54.6 Å². The Balaban J connectivity index is 1.32. The summed E-state index contributed by atoms with van der Waals surface area (Å²) in [5.74, 6) is -0.844. The van der Waals surface area contributed by atoms with Crippen LogP contribution in [0.3, 0.4) is 0 Å². The van der Waals surface area contributed by atoms with Gasteiger partial charge in [0.15, 0.2) is 5.65 Å². The second kappa shape index (κ2) is 11.7. The maximum absolute atomic E-state index is 14.4. The van der Waals surface area contributed by atoms with Gasteiger partial charge in [0.1, 0.15) is 17.5 Å². The Kier molecular flexibility index (Phi) is 7.74. The number of pyridine rings is 1. The number of fused-ring (bicyclic) bond motifs is 1. The molecule has 0 bridgehead atoms. The van der Waals surface area contributed by atoms with Gasteiger partial charge in [-0.25, -0.2) is 18.3 Å². The molecule has 1 atom stereocenters. The Bertz CT molecular complexity index is 1510. The van der Waals surface area contributed by atoms with E-state index in [0.717, 1.165) is 31.1 Å². The van der Waals surface area contributed by atoms with Crippen LogP contribution in [0.1, 0.15) is 30.5 Å². The van der Waals surface area contributed by atoms with Crippen LogP contribution in [0.15, 0.2) is 73.4 Å². The molecule has 0 unspecified atom stereocenters. The molecule has 2 N–H and O–H groups in total. The summed E-state index contributed by atoms with van der Waals surface area (Å²) >= 11 is 0. The van der Waals surface area contributed by atoms with Crippen LogP contribution in [-0.4, -0.2) is 42.7 Å². The van der Waals surface area contributed by atoms with Crippen molar-refractivity contribution in [1.29, 1.82) is 0 Å². The van der Waals surface area contributed by atoms with Gasteiger partial charge >= 0.3 is 6.01 Å². The van der Waals surface area contributed by atoms with Gasteiger partial charge in [-0.15, -0.1) is 0 Å². The number of ether oxygens (including phenoxy) is 1. The van der Waals surface area contributed by atoms with Crippen molar-refractivity contribution in [2.24, 2.45) is 0 Å². The predicted molar refractivity (Wildman–Crippen MR) is 138 cm³/mol. The van der Waals surface area contributed by atoms with Gasteiger partial charge in [-0.3, -0.25) is 4.98 Å². The van der Waals surface area contributed by atoms with Crippen molar-refractivity contribution in [3.05, 3.63) is 96.2 Å². The van der Waals surface area contributed by atoms with Gasteiger partial charge in [-0.05, 0) is 49.7 Å². The van der Waals surface area contributed by atoms with E-state index in [4.69, 9.17) is 4.74 Å². The fourth-order valence-electron chi connectivity index (χ4n) is 3.96. The molecule has 0 aliphatic carbocycles. The first-order valence-corrected chi connectivity index (χ1v) is 12.2. The molecule has 194 valence electrons. The summed E-state index contributed by atoms with van der Waals surface area (Å²) in [6, 6.07) is 10.6. The van der Waals surface area contributed by atoms with Crippen molar-refractivity contribution in [1.82, 2.24) is 34.9 Å². The zero-order chi connectivity index (χ0) is 26.3. The minimum Gasteiger partial charge on any atom is -0.463 e. The van der Waals surface area contributed by atoms with Crippen LogP contribution in [0.25, 0.3) is 16.9 Å². The van der Waals surface area contributed by atoms with Crippen molar-refractivity contribution >= 4 is 11.5 Å². The zero-order valence-corrected chi connectivity index (χ0v) is 20.7. The largest absolute Gasteiger partial charge is 0.463 e. The summed E-state index contributed by atoms with van der Waals surface area (Å²) in [7, 11) is 0. The number of hydrogen-bond acceptors (Lipinski definition) is 8. The number of nitrogens with one attached hydrogen (secondary N) is 2. The van der Waals surface area contributed by atoms with Gasteiger partial charge in [-0.2, -0.15) is 15.1 Å². The number of nitrogens with zero attached hydrogens (tertiary/aromatic N) is 6. The second-order valence-electron chi connectivity index (χ2n) is 8.63. The Labute approximate surface area is 218 Å². The molecular weight excluding hydrogens is 490 g/mol. The van der Waals surface area contributed by atoms with Gasteiger partial charge in [-0.1, -0.05) is 6.07 Å². The van der Waals surface area contributed by atoms with E-state index in [2.05, 4.69) is 35.7 Å². The Hall–Kier alpha value is -4.51. The number of benzene rings is 1. The van der Waals surface area contributed by atoms with Gasteiger partial charge < -0.3 is 15.4 Å². The number of hydrogen-bond donors (Lipinski definition) is 2. The van der Waals surface area contributed by atoms with Crippen molar-refractivity contribution in [3.8, 4) is 17.3 Å². The molecule has 0 spiro atoms. The van der Waals surface area contributed by atoms with Crippen LogP contribution < -0.4 is 15.4 Å². The van der Waals surface area contributed by atoms with Crippen molar-refractivity contribution in [2.45, 2.75) is 25.9 Å². The van der Waals surface area contributed by atoms with Gasteiger partial charge in [0.25, 0.3) is 0 Å². The Morgan fingerprint density at radius 2 is 1.92 bits per heavy atom. The number of rotatable bonds is 11. The third-order valence-electron chi connectivity index (χ3n) is 5.86. The summed E-state index contributed by atoms with van der Waals surface area (Å²) in [4.78, 5) is 17.5. The van der Waals surface area contributed by atoms with E-state index in [-0.39, 0.29) is 6.01 Å². The predicted octanol–water partition coefficient (Wildman–Crippen LogP) is 4.59. The second-order valence-corrected chi connectivity index (χ2v) is 8.63. The highest BCUT2D eigenvalue weighted by Gasteiger charge is 2.17. The summed E-state index contributed by atoms with van der Waals surface area (Å²) < 4.78 is 35.3. The highest BCUT2D eigenvalue weighted by molar-refractivity contribution is 5.75. The van der Waals surface area contributed by atoms with Crippen LogP contribution >= 0.6 is 0 Å². The number of halogens is 2. The summed E-state index contributed by atoms with van der Waals surface area (Å²) in [6.45, 7) is 3.64. The van der Waals surface area contributed by atoms with Crippen LogP contribution in [0.4, 0.5) is 14.6 Å². The highest BCUT2D eigenvalue weighted by atomic mass is 19.1. The third-order valence-corrected chi connectivity index (χ3v) is 5.86. The topological polar surface area (TPSA) is 102 Å². The maximum Gasteiger partial charge on any atom is 0.318 e. The molecule has 5 rings (SSSR count). The normalized spacial score (nSPS) is 12.0. The zero-order valence-electron chi connectivity index (χ0n) is 20.7. The van der Waals surface area contributed by atoms with Gasteiger partial charge in [0.05, 0.1) is 30.1 Å².